The highest BCUT2D eigenvalue weighted by Crippen LogP contribution is 2.23. The number of piperazine rings is 1. The molecule has 0 atom stereocenters. The summed E-state index contributed by atoms with van der Waals surface area (Å²) in [7, 11) is 0. The molecule has 0 aromatic carbocycles. The lowest BCUT2D eigenvalue weighted by atomic mass is 10.3. The van der Waals surface area contributed by atoms with Gasteiger partial charge in [0.05, 0.1) is 4.34 Å². The Balaban J connectivity index is 1.53. The Hall–Kier alpha value is -1.44. The van der Waals surface area contributed by atoms with Crippen molar-refractivity contribution in [1.29, 1.82) is 0 Å². The van der Waals surface area contributed by atoms with Crippen LogP contribution in [0.3, 0.4) is 0 Å². The molecule has 106 valence electrons. The zero-order valence-corrected chi connectivity index (χ0v) is 12.3. The molecule has 0 saturated carbocycles. The summed E-state index contributed by atoms with van der Waals surface area (Å²) in [5.41, 5.74) is 0. The minimum absolute atomic E-state index is 0.0821. The highest BCUT2D eigenvalue weighted by Gasteiger charge is 2.23. The molecule has 6 nitrogen and oxygen atoms in total. The van der Waals surface area contributed by atoms with Crippen LogP contribution in [-0.4, -0.2) is 57.1 Å². The van der Waals surface area contributed by atoms with Crippen molar-refractivity contribution in [2.75, 3.05) is 26.2 Å². The van der Waals surface area contributed by atoms with Crippen molar-refractivity contribution in [3.63, 3.8) is 0 Å². The lowest BCUT2D eigenvalue weighted by Gasteiger charge is -2.33. The zero-order chi connectivity index (χ0) is 13.9. The summed E-state index contributed by atoms with van der Waals surface area (Å²) in [6.45, 7) is 4.02. The fourth-order valence-corrected chi connectivity index (χ4v) is 3.35. The van der Waals surface area contributed by atoms with Crippen LogP contribution in [0.5, 0.6) is 0 Å². The van der Waals surface area contributed by atoms with Gasteiger partial charge in [-0.2, -0.15) is 5.10 Å². The van der Waals surface area contributed by atoms with Crippen molar-refractivity contribution in [1.82, 2.24) is 25.0 Å². The van der Waals surface area contributed by atoms with E-state index < -0.39 is 0 Å². The maximum absolute atomic E-state index is 12.1. The van der Waals surface area contributed by atoms with Gasteiger partial charge >= 0.3 is 0 Å². The Morgan fingerprint density at radius 2 is 2.15 bits per heavy atom. The van der Waals surface area contributed by atoms with Gasteiger partial charge in [0.1, 0.15) is 6.33 Å². The van der Waals surface area contributed by atoms with Crippen LogP contribution in [0, 0.1) is 0 Å². The molecule has 2 aromatic rings. The molecule has 0 aliphatic carbocycles. The maximum atomic E-state index is 12.1. The van der Waals surface area contributed by atoms with E-state index in [1.807, 2.05) is 6.07 Å². The molecule has 1 saturated heterocycles. The van der Waals surface area contributed by atoms with Gasteiger partial charge in [-0.3, -0.25) is 14.8 Å². The third-order valence-corrected chi connectivity index (χ3v) is 4.50. The first-order valence-corrected chi connectivity index (χ1v) is 7.53. The van der Waals surface area contributed by atoms with E-state index in [-0.39, 0.29) is 5.91 Å². The Kier molecular flexibility index (Phi) is 4.00. The molecule has 3 rings (SSSR count). The largest absolute Gasteiger partial charge is 0.333 e. The molecule has 1 N–H and O–H groups in total. The summed E-state index contributed by atoms with van der Waals surface area (Å²) >= 11 is 7.54. The topological polar surface area (TPSA) is 65.1 Å². The third kappa shape index (κ3) is 3.00. The standard InChI is InChI=1S/C12H14ClN5OS/c13-10-2-1-9(20-10)7-17-3-5-18(6-4-17)12(19)11-14-8-15-16-11/h1-2,8H,3-7H2,(H,14,15,16). The number of halogens is 1. The predicted octanol–water partition coefficient (Wildman–Crippen LogP) is 1.48. The lowest BCUT2D eigenvalue weighted by Crippen LogP contribution is -2.48. The van der Waals surface area contributed by atoms with Crippen molar-refractivity contribution in [2.45, 2.75) is 6.54 Å². The van der Waals surface area contributed by atoms with E-state index >= 15 is 0 Å². The first kappa shape index (κ1) is 13.5. The van der Waals surface area contributed by atoms with E-state index in [1.165, 1.54) is 11.2 Å². The van der Waals surface area contributed by atoms with Crippen LogP contribution in [0.2, 0.25) is 4.34 Å². The highest BCUT2D eigenvalue weighted by atomic mass is 35.5. The molecule has 2 aromatic heterocycles. The van der Waals surface area contributed by atoms with Crippen LogP contribution in [0.25, 0.3) is 0 Å². The van der Waals surface area contributed by atoms with Crippen molar-refractivity contribution in [2.24, 2.45) is 0 Å². The molecular weight excluding hydrogens is 298 g/mol. The van der Waals surface area contributed by atoms with Crippen molar-refractivity contribution >= 4 is 28.8 Å². The first-order valence-electron chi connectivity index (χ1n) is 6.33. The molecule has 20 heavy (non-hydrogen) atoms. The number of amides is 1. The van der Waals surface area contributed by atoms with Gasteiger partial charge in [0.15, 0.2) is 0 Å². The number of carbonyl (C=O) groups excluding carboxylic acids is 1. The monoisotopic (exact) mass is 311 g/mol. The highest BCUT2D eigenvalue weighted by molar-refractivity contribution is 7.16. The van der Waals surface area contributed by atoms with E-state index in [0.717, 1.165) is 24.0 Å². The summed E-state index contributed by atoms with van der Waals surface area (Å²) in [6, 6.07) is 3.98. The van der Waals surface area contributed by atoms with Gasteiger partial charge in [-0.25, -0.2) is 4.98 Å². The van der Waals surface area contributed by atoms with E-state index in [4.69, 9.17) is 11.6 Å². The number of carbonyl (C=O) groups is 1. The van der Waals surface area contributed by atoms with Crippen molar-refractivity contribution in [3.8, 4) is 0 Å². The first-order chi connectivity index (χ1) is 9.72. The van der Waals surface area contributed by atoms with Gasteiger partial charge in [0, 0.05) is 37.6 Å². The van der Waals surface area contributed by atoms with Gasteiger partial charge in [-0.15, -0.1) is 11.3 Å². The SMILES string of the molecule is O=C(c1ncn[nH]1)N1CCN(Cc2ccc(Cl)s2)CC1. The number of hydrogen-bond donors (Lipinski definition) is 1. The smallest absolute Gasteiger partial charge is 0.291 e. The lowest BCUT2D eigenvalue weighted by molar-refractivity contribution is 0.0618. The number of nitrogens with one attached hydrogen (secondary N) is 1. The average molecular weight is 312 g/mol. The molecular formula is C12H14ClN5OS. The molecule has 0 unspecified atom stereocenters. The zero-order valence-electron chi connectivity index (χ0n) is 10.8. The quantitative estimate of drug-likeness (QED) is 0.932. The summed E-state index contributed by atoms with van der Waals surface area (Å²) in [4.78, 5) is 21.4. The van der Waals surface area contributed by atoms with Crippen LogP contribution in [0.15, 0.2) is 18.5 Å². The molecule has 3 heterocycles. The minimum atomic E-state index is -0.0821. The molecule has 0 radical (unpaired) electrons. The van der Waals surface area contributed by atoms with Gasteiger partial charge in [0.2, 0.25) is 5.82 Å². The van der Waals surface area contributed by atoms with Crippen molar-refractivity contribution < 1.29 is 4.79 Å². The summed E-state index contributed by atoms with van der Waals surface area (Å²) in [5, 5.41) is 6.32. The van der Waals surface area contributed by atoms with Gasteiger partial charge in [-0.1, -0.05) is 11.6 Å². The Morgan fingerprint density at radius 1 is 1.35 bits per heavy atom. The molecule has 1 amide bonds. The normalized spacial score (nSPS) is 16.6. The summed E-state index contributed by atoms with van der Waals surface area (Å²) < 4.78 is 0.819. The number of aromatic amines is 1. The molecule has 0 spiro atoms. The van der Waals surface area contributed by atoms with E-state index in [2.05, 4.69) is 26.1 Å². The van der Waals surface area contributed by atoms with Gasteiger partial charge in [-0.05, 0) is 12.1 Å². The summed E-state index contributed by atoms with van der Waals surface area (Å²) in [6.07, 6.45) is 1.35. The van der Waals surface area contributed by atoms with Crippen LogP contribution < -0.4 is 0 Å². The second-order valence-electron chi connectivity index (χ2n) is 4.61. The number of aromatic nitrogens is 3. The number of hydrogen-bond acceptors (Lipinski definition) is 5. The fourth-order valence-electron chi connectivity index (χ4n) is 2.22. The van der Waals surface area contributed by atoms with Gasteiger partial charge in [0.25, 0.3) is 5.91 Å². The average Bonchev–Trinajstić information content (AvgIpc) is 3.11. The van der Waals surface area contributed by atoms with E-state index in [0.29, 0.717) is 18.9 Å². The predicted molar refractivity (Wildman–Crippen MR) is 76.9 cm³/mol. The van der Waals surface area contributed by atoms with Crippen LogP contribution in [-0.2, 0) is 6.54 Å². The molecule has 1 aliphatic rings. The van der Waals surface area contributed by atoms with Crippen LogP contribution in [0.1, 0.15) is 15.5 Å². The van der Waals surface area contributed by atoms with Gasteiger partial charge < -0.3 is 4.90 Å². The second-order valence-corrected chi connectivity index (χ2v) is 6.41. The number of rotatable bonds is 3. The molecule has 1 aliphatic heterocycles. The number of H-pyrrole nitrogens is 1. The summed E-state index contributed by atoms with van der Waals surface area (Å²) in [5.74, 6) is 0.227. The minimum Gasteiger partial charge on any atom is -0.333 e. The molecule has 0 bridgehead atoms. The third-order valence-electron chi connectivity index (χ3n) is 3.29. The second kappa shape index (κ2) is 5.90. The van der Waals surface area contributed by atoms with E-state index in [1.54, 1.807) is 16.2 Å². The Morgan fingerprint density at radius 3 is 2.75 bits per heavy atom. The maximum Gasteiger partial charge on any atom is 0.291 e. The van der Waals surface area contributed by atoms with Crippen LogP contribution >= 0.6 is 22.9 Å². The van der Waals surface area contributed by atoms with Crippen molar-refractivity contribution in [3.05, 3.63) is 33.5 Å². The number of thiophene rings is 1. The number of nitrogens with zero attached hydrogens (tertiary/aromatic N) is 4. The fraction of sp³-hybridized carbons (Fsp3) is 0.417. The Bertz CT molecular complexity index is 576. The Labute approximate surface area is 125 Å². The molecule has 8 heteroatoms. The van der Waals surface area contributed by atoms with E-state index in [9.17, 15) is 4.79 Å². The van der Waals surface area contributed by atoms with Crippen LogP contribution in [0.4, 0.5) is 0 Å². The molecule has 1 fully saturated rings.